The zero-order valence-corrected chi connectivity index (χ0v) is 47.0. The van der Waals surface area contributed by atoms with Crippen LogP contribution in [0.15, 0.2) is 72.9 Å². The Bertz CT molecular complexity index is 1270. The minimum Gasteiger partial charge on any atom is -0.462 e. The predicted molar refractivity (Wildman–Crippen MR) is 307 cm³/mol. The minimum atomic E-state index is -0.813. The molecule has 0 unspecified atom stereocenters. The molecule has 0 aromatic heterocycles. The fourth-order valence-corrected chi connectivity index (χ4v) is 8.71. The summed E-state index contributed by atoms with van der Waals surface area (Å²) in [6, 6.07) is 0. The van der Waals surface area contributed by atoms with Crippen LogP contribution in [0, 0.1) is 0 Å². The van der Waals surface area contributed by atoms with Crippen molar-refractivity contribution in [2.45, 2.75) is 309 Å². The van der Waals surface area contributed by atoms with Crippen LogP contribution in [0.3, 0.4) is 0 Å². The van der Waals surface area contributed by atoms with E-state index < -0.39 is 6.10 Å². The highest BCUT2D eigenvalue weighted by Crippen LogP contribution is 2.17. The predicted octanol–water partition coefficient (Wildman–Crippen LogP) is 20.5. The lowest BCUT2D eigenvalue weighted by Gasteiger charge is -2.18. The highest BCUT2D eigenvalue weighted by Gasteiger charge is 2.19. The van der Waals surface area contributed by atoms with Crippen molar-refractivity contribution in [1.29, 1.82) is 0 Å². The molecule has 0 aromatic rings. The van der Waals surface area contributed by atoms with Crippen molar-refractivity contribution >= 4 is 17.9 Å². The molecule has 0 amide bonds. The van der Waals surface area contributed by atoms with Gasteiger partial charge in [-0.15, -0.1) is 0 Å². The fraction of sp³-hybridized carbons (Fsp3) is 0.769. The molecule has 410 valence electrons. The minimum absolute atomic E-state index is 0.101. The first kappa shape index (κ1) is 67.8. The maximum absolute atomic E-state index is 12.8. The van der Waals surface area contributed by atoms with Gasteiger partial charge in [0.25, 0.3) is 0 Å². The molecule has 0 aliphatic rings. The smallest absolute Gasteiger partial charge is 0.306 e. The molecule has 0 fully saturated rings. The zero-order chi connectivity index (χ0) is 51.4. The zero-order valence-electron chi connectivity index (χ0n) is 47.0. The number of hydrogen-bond acceptors (Lipinski definition) is 6. The van der Waals surface area contributed by atoms with Crippen LogP contribution < -0.4 is 0 Å². The fourth-order valence-electron chi connectivity index (χ4n) is 8.71. The molecule has 0 saturated carbocycles. The maximum Gasteiger partial charge on any atom is 0.306 e. The Kier molecular flexibility index (Phi) is 56.8. The second kappa shape index (κ2) is 59.4. The van der Waals surface area contributed by atoms with E-state index in [-0.39, 0.29) is 37.5 Å². The van der Waals surface area contributed by atoms with Crippen LogP contribution >= 0.6 is 0 Å². The van der Waals surface area contributed by atoms with Gasteiger partial charge in [0.2, 0.25) is 0 Å². The van der Waals surface area contributed by atoms with Crippen molar-refractivity contribution < 1.29 is 28.6 Å². The van der Waals surface area contributed by atoms with Crippen LogP contribution in [0.5, 0.6) is 0 Å². The van der Waals surface area contributed by atoms with E-state index in [4.69, 9.17) is 14.2 Å². The first-order chi connectivity index (χ1) is 35.0. The molecule has 71 heavy (non-hydrogen) atoms. The third-order valence-electron chi connectivity index (χ3n) is 13.2. The highest BCUT2D eigenvalue weighted by molar-refractivity contribution is 5.71. The summed E-state index contributed by atoms with van der Waals surface area (Å²) in [7, 11) is 0. The van der Waals surface area contributed by atoms with Gasteiger partial charge in [-0.25, -0.2) is 0 Å². The van der Waals surface area contributed by atoms with Gasteiger partial charge in [0.1, 0.15) is 13.2 Å². The Balaban J connectivity index is 4.46. The molecule has 0 aliphatic heterocycles. The van der Waals surface area contributed by atoms with Crippen LogP contribution in [-0.2, 0) is 28.6 Å². The molecule has 6 nitrogen and oxygen atoms in total. The molecule has 0 radical (unpaired) electrons. The summed E-state index contributed by atoms with van der Waals surface area (Å²) in [5.74, 6) is -0.970. The Morgan fingerprint density at radius 3 is 0.831 bits per heavy atom. The third kappa shape index (κ3) is 57.6. The second-order valence-corrected chi connectivity index (χ2v) is 20.2. The van der Waals surface area contributed by atoms with Crippen LogP contribution in [-0.4, -0.2) is 37.2 Å². The van der Waals surface area contributed by atoms with Crippen molar-refractivity contribution in [3.8, 4) is 0 Å². The van der Waals surface area contributed by atoms with E-state index in [9.17, 15) is 14.4 Å². The highest BCUT2D eigenvalue weighted by atomic mass is 16.6. The largest absolute Gasteiger partial charge is 0.462 e. The summed E-state index contributed by atoms with van der Waals surface area (Å²) >= 11 is 0. The number of carbonyl (C=O) groups is 3. The SMILES string of the molecule is CC/C=C\C/C=C\C/C=C\C/C=C\C/C=C\C/C=C\CCC(=O)OC(COC(=O)CCCCCCCCCCCCCCCCCCC)COC(=O)CCCCCCCCCCCCCCCCCCC. The van der Waals surface area contributed by atoms with Crippen molar-refractivity contribution in [1.82, 2.24) is 0 Å². The van der Waals surface area contributed by atoms with E-state index in [1.807, 2.05) is 6.08 Å². The van der Waals surface area contributed by atoms with E-state index in [0.29, 0.717) is 19.3 Å². The van der Waals surface area contributed by atoms with Gasteiger partial charge in [-0.2, -0.15) is 0 Å². The lowest BCUT2D eigenvalue weighted by Crippen LogP contribution is -2.30. The summed E-state index contributed by atoms with van der Waals surface area (Å²) in [4.78, 5) is 38.2. The van der Waals surface area contributed by atoms with Crippen molar-refractivity contribution in [2.24, 2.45) is 0 Å². The first-order valence-corrected chi connectivity index (χ1v) is 30.4. The van der Waals surface area contributed by atoms with Gasteiger partial charge in [0, 0.05) is 19.3 Å². The summed E-state index contributed by atoms with van der Waals surface area (Å²) in [6.07, 6.45) is 76.2. The number of hydrogen-bond donors (Lipinski definition) is 0. The topological polar surface area (TPSA) is 78.9 Å². The molecule has 0 saturated heterocycles. The first-order valence-electron chi connectivity index (χ1n) is 30.4. The molecular weight excluding hydrogens is 877 g/mol. The monoisotopic (exact) mass is 991 g/mol. The van der Waals surface area contributed by atoms with E-state index in [1.165, 1.54) is 180 Å². The van der Waals surface area contributed by atoms with Gasteiger partial charge < -0.3 is 14.2 Å². The molecule has 0 atom stereocenters. The Morgan fingerprint density at radius 2 is 0.549 bits per heavy atom. The second-order valence-electron chi connectivity index (χ2n) is 20.2. The Morgan fingerprint density at radius 1 is 0.296 bits per heavy atom. The van der Waals surface area contributed by atoms with E-state index in [1.54, 1.807) is 0 Å². The molecule has 0 aliphatic carbocycles. The van der Waals surface area contributed by atoms with E-state index >= 15 is 0 Å². The lowest BCUT2D eigenvalue weighted by molar-refractivity contribution is -0.166. The average Bonchev–Trinajstić information content (AvgIpc) is 3.37. The number of esters is 3. The number of ether oxygens (including phenoxy) is 3. The summed E-state index contributed by atoms with van der Waals surface area (Å²) in [5.41, 5.74) is 0. The van der Waals surface area contributed by atoms with Gasteiger partial charge in [-0.05, 0) is 57.8 Å². The number of unbranched alkanes of at least 4 members (excludes halogenated alkanes) is 32. The summed E-state index contributed by atoms with van der Waals surface area (Å²) < 4.78 is 16.8. The van der Waals surface area contributed by atoms with Gasteiger partial charge in [0.15, 0.2) is 6.10 Å². The summed E-state index contributed by atoms with van der Waals surface area (Å²) in [5, 5.41) is 0. The Hall–Kier alpha value is -3.15. The van der Waals surface area contributed by atoms with Crippen molar-refractivity contribution in [2.75, 3.05) is 13.2 Å². The maximum atomic E-state index is 12.8. The molecule has 0 rings (SSSR count). The quantitative estimate of drug-likeness (QED) is 0.0261. The molecule has 0 spiro atoms. The van der Waals surface area contributed by atoms with Crippen molar-refractivity contribution in [3.63, 3.8) is 0 Å². The lowest BCUT2D eigenvalue weighted by atomic mass is 10.0. The van der Waals surface area contributed by atoms with Crippen LogP contribution in [0.4, 0.5) is 0 Å². The van der Waals surface area contributed by atoms with Gasteiger partial charge in [-0.1, -0.05) is 299 Å². The molecule has 0 heterocycles. The normalized spacial score (nSPS) is 12.2. The average molecular weight is 992 g/mol. The van der Waals surface area contributed by atoms with E-state index in [0.717, 1.165) is 77.0 Å². The number of rotatable bonds is 55. The third-order valence-corrected chi connectivity index (χ3v) is 13.2. The molecular formula is C65H114O6. The van der Waals surface area contributed by atoms with Crippen molar-refractivity contribution in [3.05, 3.63) is 72.9 Å². The molecule has 6 heteroatoms. The molecule has 0 N–H and O–H groups in total. The van der Waals surface area contributed by atoms with E-state index in [2.05, 4.69) is 87.6 Å². The summed E-state index contributed by atoms with van der Waals surface area (Å²) in [6.45, 7) is 6.51. The Labute approximate surface area is 440 Å². The van der Waals surface area contributed by atoms with Gasteiger partial charge in [0.05, 0.1) is 0 Å². The number of carbonyl (C=O) groups excluding carboxylic acids is 3. The van der Waals surface area contributed by atoms with Gasteiger partial charge in [-0.3, -0.25) is 14.4 Å². The molecule has 0 aromatic carbocycles. The molecule has 0 bridgehead atoms. The van der Waals surface area contributed by atoms with Gasteiger partial charge >= 0.3 is 17.9 Å². The standard InChI is InChI=1S/C65H114O6/c1-4-7-10-13-16-19-22-25-28-31-32-35-38-41-44-47-50-53-56-59-65(68)71-62(60-69-63(66)57-54-51-48-45-42-39-36-33-29-26-23-20-17-14-11-8-5-2)61-70-64(67)58-55-52-49-46-43-40-37-34-30-27-24-21-18-15-12-9-6-3/h7,10,16,19,25,28,32,35,41,44,50,53,62H,4-6,8-9,11-15,17-18,20-24,26-27,29-31,33-34,36-40,42-43,45-49,51-52,54-61H2,1-3H3/b10-7-,19-16-,28-25-,35-32-,44-41-,53-50-. The van der Waals surface area contributed by atoms with Crippen LogP contribution in [0.25, 0.3) is 0 Å². The van der Waals surface area contributed by atoms with Crippen LogP contribution in [0.1, 0.15) is 303 Å². The number of allylic oxidation sites excluding steroid dienone is 12. The van der Waals surface area contributed by atoms with Crippen LogP contribution in [0.2, 0.25) is 0 Å².